The molecule has 7 rings (SSSR count). The van der Waals surface area contributed by atoms with Gasteiger partial charge in [0.25, 0.3) is 0 Å². The minimum absolute atomic E-state index is 0.377. The van der Waals surface area contributed by atoms with E-state index >= 15 is 0 Å². The second kappa shape index (κ2) is 5.16. The molecular weight excluding hydrogens is 316 g/mol. The maximum atomic E-state index is 3.04. The Morgan fingerprint density at radius 3 is 2.65 bits per heavy atom. The third-order valence-electron chi connectivity index (χ3n) is 9.12. The smallest absolute Gasteiger partial charge is 0.0480 e. The van der Waals surface area contributed by atoms with Crippen LogP contribution in [-0.2, 0) is 12.5 Å². The second-order valence-corrected chi connectivity index (χ2v) is 10.0. The molecule has 4 bridgehead atoms. The van der Waals surface area contributed by atoms with Crippen molar-refractivity contribution in [1.82, 2.24) is 9.47 Å². The molecule has 5 unspecified atom stereocenters. The van der Waals surface area contributed by atoms with Crippen molar-refractivity contribution >= 4 is 10.9 Å². The van der Waals surface area contributed by atoms with Crippen molar-refractivity contribution in [3.05, 3.63) is 36.0 Å². The Balaban J connectivity index is 1.50. The molecule has 2 saturated carbocycles. The van der Waals surface area contributed by atoms with E-state index in [2.05, 4.69) is 53.8 Å². The lowest BCUT2D eigenvalue weighted by Gasteiger charge is -2.71. The van der Waals surface area contributed by atoms with E-state index < -0.39 is 0 Å². The lowest BCUT2D eigenvalue weighted by atomic mass is 9.48. The molecule has 2 nitrogen and oxygen atoms in total. The summed E-state index contributed by atoms with van der Waals surface area (Å²) in [6, 6.07) is 12.2. The van der Waals surface area contributed by atoms with Crippen LogP contribution in [0.2, 0.25) is 0 Å². The Labute approximate surface area is 157 Å². The van der Waals surface area contributed by atoms with Gasteiger partial charge in [0.05, 0.1) is 0 Å². The van der Waals surface area contributed by atoms with E-state index in [4.69, 9.17) is 0 Å². The predicted molar refractivity (Wildman–Crippen MR) is 107 cm³/mol. The fourth-order valence-electron chi connectivity index (χ4n) is 8.08. The number of benzene rings is 1. The van der Waals surface area contributed by atoms with Crippen molar-refractivity contribution in [3.63, 3.8) is 0 Å². The van der Waals surface area contributed by atoms with Crippen molar-refractivity contribution in [2.45, 2.75) is 75.3 Å². The molecule has 138 valence electrons. The van der Waals surface area contributed by atoms with Gasteiger partial charge in [0.15, 0.2) is 0 Å². The standard InChI is InChI=1S/C24H32N2/c1-17-23(22-13-19-8-4-5-9-21(19)25(22)2)14-18-12-20(15-23)24(26(17)16-18)10-6-3-7-11-24/h4-5,8-9,13,17-18,20H,3,6-7,10-12,14-16H2,1-2H3. The molecule has 5 fully saturated rings. The van der Waals surface area contributed by atoms with Crippen LogP contribution in [-0.4, -0.2) is 27.6 Å². The number of aryl methyl sites for hydroxylation is 1. The Hall–Kier alpha value is -1.28. The highest BCUT2D eigenvalue weighted by atomic mass is 15.3. The Kier molecular flexibility index (Phi) is 3.12. The van der Waals surface area contributed by atoms with Crippen LogP contribution in [0, 0.1) is 11.8 Å². The Bertz CT molecular complexity index is 858. The van der Waals surface area contributed by atoms with Crippen LogP contribution in [0.3, 0.4) is 0 Å². The summed E-state index contributed by atoms with van der Waals surface area (Å²) in [5.74, 6) is 1.86. The SMILES string of the molecule is CC1N2CC3CC(CC1(c1cc4ccccc4n1C)C3)C21CCCCC1. The lowest BCUT2D eigenvalue weighted by Crippen LogP contribution is -2.75. The van der Waals surface area contributed by atoms with Crippen molar-refractivity contribution in [2.75, 3.05) is 6.54 Å². The van der Waals surface area contributed by atoms with E-state index in [1.54, 1.807) is 5.69 Å². The Morgan fingerprint density at radius 2 is 1.85 bits per heavy atom. The number of nitrogens with zero attached hydrogens (tertiary/aromatic N) is 2. The molecule has 5 aliphatic rings. The molecule has 3 saturated heterocycles. The summed E-state index contributed by atoms with van der Waals surface area (Å²) in [6.07, 6.45) is 11.7. The maximum Gasteiger partial charge on any atom is 0.0480 e. The van der Waals surface area contributed by atoms with Crippen LogP contribution in [0.5, 0.6) is 0 Å². The highest BCUT2D eigenvalue weighted by Gasteiger charge is 2.64. The van der Waals surface area contributed by atoms with Gasteiger partial charge in [0.2, 0.25) is 0 Å². The molecule has 1 aromatic carbocycles. The first kappa shape index (κ1) is 15.7. The maximum absolute atomic E-state index is 3.04. The molecule has 1 aromatic heterocycles. The van der Waals surface area contributed by atoms with E-state index in [0.29, 0.717) is 17.0 Å². The first-order valence-electron chi connectivity index (χ1n) is 11.0. The first-order valence-corrected chi connectivity index (χ1v) is 11.0. The van der Waals surface area contributed by atoms with E-state index in [1.165, 1.54) is 68.8 Å². The number of para-hydroxylation sites is 1. The molecule has 26 heavy (non-hydrogen) atoms. The van der Waals surface area contributed by atoms with Gasteiger partial charge < -0.3 is 4.57 Å². The molecule has 2 aliphatic carbocycles. The van der Waals surface area contributed by atoms with Gasteiger partial charge in [-0.2, -0.15) is 0 Å². The average molecular weight is 349 g/mol. The molecule has 0 radical (unpaired) electrons. The number of aromatic nitrogens is 1. The lowest BCUT2D eigenvalue weighted by molar-refractivity contribution is -0.183. The number of rotatable bonds is 1. The summed E-state index contributed by atoms with van der Waals surface area (Å²) in [5, 5.41) is 1.43. The first-order chi connectivity index (χ1) is 12.6. The van der Waals surface area contributed by atoms with Gasteiger partial charge in [0.1, 0.15) is 0 Å². The largest absolute Gasteiger partial charge is 0.347 e. The van der Waals surface area contributed by atoms with Crippen molar-refractivity contribution in [2.24, 2.45) is 18.9 Å². The third kappa shape index (κ3) is 1.77. The molecule has 4 heterocycles. The van der Waals surface area contributed by atoms with Crippen LogP contribution < -0.4 is 0 Å². The van der Waals surface area contributed by atoms with E-state index in [9.17, 15) is 0 Å². The van der Waals surface area contributed by atoms with Gasteiger partial charge in [-0.3, -0.25) is 4.90 Å². The zero-order chi connectivity index (χ0) is 17.5. The molecular formula is C24H32N2. The molecule has 0 amide bonds. The zero-order valence-electron chi connectivity index (χ0n) is 16.4. The van der Waals surface area contributed by atoms with Gasteiger partial charge in [0, 0.05) is 41.8 Å². The fraction of sp³-hybridized carbons (Fsp3) is 0.667. The van der Waals surface area contributed by atoms with Crippen molar-refractivity contribution in [3.8, 4) is 0 Å². The molecule has 5 atom stereocenters. The summed E-state index contributed by atoms with van der Waals surface area (Å²) >= 11 is 0. The number of piperidine rings is 3. The van der Waals surface area contributed by atoms with Crippen molar-refractivity contribution < 1.29 is 0 Å². The van der Waals surface area contributed by atoms with Crippen LogP contribution in [0.4, 0.5) is 0 Å². The van der Waals surface area contributed by atoms with Crippen LogP contribution in [0.15, 0.2) is 30.3 Å². The van der Waals surface area contributed by atoms with Gasteiger partial charge >= 0.3 is 0 Å². The van der Waals surface area contributed by atoms with Crippen LogP contribution >= 0.6 is 0 Å². The highest BCUT2D eigenvalue weighted by molar-refractivity contribution is 5.81. The second-order valence-electron chi connectivity index (χ2n) is 10.0. The summed E-state index contributed by atoms with van der Waals surface area (Å²) in [7, 11) is 2.31. The summed E-state index contributed by atoms with van der Waals surface area (Å²) < 4.78 is 2.54. The highest BCUT2D eigenvalue weighted by Crippen LogP contribution is 2.63. The third-order valence-corrected chi connectivity index (χ3v) is 9.12. The molecule has 0 N–H and O–H groups in total. The van der Waals surface area contributed by atoms with Gasteiger partial charge in [-0.05, 0) is 68.4 Å². The topological polar surface area (TPSA) is 8.17 Å². The molecule has 1 spiro atoms. The van der Waals surface area contributed by atoms with Gasteiger partial charge in [-0.1, -0.05) is 37.5 Å². The molecule has 2 aromatic rings. The number of hydrogen-bond acceptors (Lipinski definition) is 1. The quantitative estimate of drug-likeness (QED) is 0.683. The molecule has 3 aliphatic heterocycles. The normalized spacial score (nSPS) is 40.5. The van der Waals surface area contributed by atoms with E-state index in [0.717, 1.165) is 11.8 Å². The van der Waals surface area contributed by atoms with Crippen LogP contribution in [0.25, 0.3) is 10.9 Å². The fourth-order valence-corrected chi connectivity index (χ4v) is 8.08. The zero-order valence-corrected chi connectivity index (χ0v) is 16.4. The monoisotopic (exact) mass is 348 g/mol. The Morgan fingerprint density at radius 1 is 1.04 bits per heavy atom. The summed E-state index contributed by atoms with van der Waals surface area (Å²) in [6.45, 7) is 3.95. The van der Waals surface area contributed by atoms with Gasteiger partial charge in [-0.15, -0.1) is 0 Å². The summed E-state index contributed by atoms with van der Waals surface area (Å²) in [5.41, 5.74) is 3.97. The number of hydrogen-bond donors (Lipinski definition) is 0. The van der Waals surface area contributed by atoms with E-state index in [1.807, 2.05) is 0 Å². The minimum atomic E-state index is 0.377. The predicted octanol–water partition coefficient (Wildman–Crippen LogP) is 5.25. The summed E-state index contributed by atoms with van der Waals surface area (Å²) in [4.78, 5) is 3.04. The minimum Gasteiger partial charge on any atom is -0.347 e. The number of fused-ring (bicyclic) bond motifs is 1. The average Bonchev–Trinajstić information content (AvgIpc) is 3.01. The van der Waals surface area contributed by atoms with Crippen molar-refractivity contribution in [1.29, 1.82) is 0 Å². The molecule has 2 heteroatoms. The van der Waals surface area contributed by atoms with Gasteiger partial charge in [-0.25, -0.2) is 0 Å². The van der Waals surface area contributed by atoms with E-state index in [-0.39, 0.29) is 0 Å². The van der Waals surface area contributed by atoms with Crippen LogP contribution in [0.1, 0.15) is 64.0 Å².